The Balaban J connectivity index is 0.00000200. The lowest BCUT2D eigenvalue weighted by molar-refractivity contribution is -0.121. The monoisotopic (exact) mass is 316 g/mol. The third-order valence-electron chi connectivity index (χ3n) is 3.65. The van der Waals surface area contributed by atoms with Crippen LogP contribution in [0.1, 0.15) is 25.3 Å². The highest BCUT2D eigenvalue weighted by Crippen LogP contribution is 2.24. The molecule has 2 rings (SSSR count). The maximum absolute atomic E-state index is 11.9. The van der Waals surface area contributed by atoms with E-state index in [-0.39, 0.29) is 23.7 Å². The Morgan fingerprint density at radius 1 is 1.50 bits per heavy atom. The molecule has 20 heavy (non-hydrogen) atoms. The molecule has 1 amide bonds. The third-order valence-corrected chi connectivity index (χ3v) is 3.89. The quantitative estimate of drug-likeness (QED) is 0.896. The van der Waals surface area contributed by atoms with Crippen molar-refractivity contribution in [2.45, 2.75) is 26.2 Å². The summed E-state index contributed by atoms with van der Waals surface area (Å²) in [6.07, 6.45) is 2.74. The average Bonchev–Trinajstić information content (AvgIpc) is 2.38. The van der Waals surface area contributed by atoms with E-state index in [1.807, 2.05) is 24.3 Å². The number of amides is 1. The molecule has 5 heteroatoms. The van der Waals surface area contributed by atoms with Crippen LogP contribution in [0, 0.1) is 5.41 Å². The summed E-state index contributed by atoms with van der Waals surface area (Å²) in [6, 6.07) is 7.45. The largest absolute Gasteiger partial charge is 0.355 e. The van der Waals surface area contributed by atoms with E-state index in [2.05, 4.69) is 17.6 Å². The second kappa shape index (κ2) is 7.87. The molecule has 1 fully saturated rings. The number of carbonyl (C=O) groups is 1. The highest BCUT2D eigenvalue weighted by molar-refractivity contribution is 6.30. The normalized spacial score (nSPS) is 21.9. The number of nitrogens with one attached hydrogen (secondary N) is 2. The zero-order chi connectivity index (χ0) is 13.7. The molecule has 1 atom stereocenters. The lowest BCUT2D eigenvalue weighted by Gasteiger charge is -2.34. The van der Waals surface area contributed by atoms with E-state index in [0.717, 1.165) is 31.6 Å². The second-order valence-corrected chi connectivity index (χ2v) is 6.11. The van der Waals surface area contributed by atoms with E-state index in [9.17, 15) is 4.79 Å². The number of carbonyl (C=O) groups excluding carboxylic acids is 1. The molecular formula is C15H22Cl2N2O. The van der Waals surface area contributed by atoms with Gasteiger partial charge in [-0.1, -0.05) is 30.7 Å². The zero-order valence-corrected chi connectivity index (χ0v) is 13.3. The van der Waals surface area contributed by atoms with Crippen molar-refractivity contribution in [1.29, 1.82) is 0 Å². The van der Waals surface area contributed by atoms with Gasteiger partial charge in [-0.25, -0.2) is 0 Å². The molecule has 3 nitrogen and oxygen atoms in total. The van der Waals surface area contributed by atoms with Gasteiger partial charge in [0.25, 0.3) is 0 Å². The minimum absolute atomic E-state index is 0. The van der Waals surface area contributed by atoms with E-state index >= 15 is 0 Å². The first kappa shape index (κ1) is 17.3. The van der Waals surface area contributed by atoms with Crippen LogP contribution < -0.4 is 10.6 Å². The van der Waals surface area contributed by atoms with Crippen molar-refractivity contribution in [3.63, 3.8) is 0 Å². The van der Waals surface area contributed by atoms with E-state index < -0.39 is 0 Å². The molecule has 2 N–H and O–H groups in total. The Morgan fingerprint density at radius 2 is 2.30 bits per heavy atom. The molecule has 112 valence electrons. The number of piperidine rings is 1. The van der Waals surface area contributed by atoms with Gasteiger partial charge in [0, 0.05) is 18.1 Å². The van der Waals surface area contributed by atoms with Crippen LogP contribution in [-0.4, -0.2) is 25.5 Å². The van der Waals surface area contributed by atoms with Crippen LogP contribution in [0.15, 0.2) is 24.3 Å². The lowest BCUT2D eigenvalue weighted by Crippen LogP contribution is -2.45. The zero-order valence-electron chi connectivity index (χ0n) is 11.7. The molecule has 1 aliphatic rings. The molecule has 0 radical (unpaired) electrons. The molecule has 1 aliphatic heterocycles. The van der Waals surface area contributed by atoms with Gasteiger partial charge in [-0.05, 0) is 42.5 Å². The predicted octanol–water partition coefficient (Wildman–Crippen LogP) is 2.81. The molecule has 1 heterocycles. The Hall–Kier alpha value is -0.770. The van der Waals surface area contributed by atoms with Crippen LogP contribution in [-0.2, 0) is 11.2 Å². The standard InChI is InChI=1S/C15H21ClN2O.ClH/c1-15(6-3-7-17-10-15)11-18-14(19)9-12-4-2-5-13(16)8-12;/h2,4-5,8,17H,3,6-7,9-11H2,1H3,(H,18,19);1H. The molecule has 1 unspecified atom stereocenters. The third kappa shape index (κ3) is 5.31. The summed E-state index contributed by atoms with van der Waals surface area (Å²) in [5, 5.41) is 7.10. The van der Waals surface area contributed by atoms with Gasteiger partial charge in [-0.3, -0.25) is 4.79 Å². The van der Waals surface area contributed by atoms with E-state index in [1.165, 1.54) is 6.42 Å². The average molecular weight is 317 g/mol. The van der Waals surface area contributed by atoms with Crippen molar-refractivity contribution in [3.8, 4) is 0 Å². The molecule has 0 spiro atoms. The molecule has 1 aromatic rings. The Morgan fingerprint density at radius 3 is 2.95 bits per heavy atom. The summed E-state index contributed by atoms with van der Waals surface area (Å²) in [7, 11) is 0. The van der Waals surface area contributed by atoms with E-state index in [0.29, 0.717) is 11.4 Å². The maximum atomic E-state index is 11.9. The fourth-order valence-corrected chi connectivity index (χ4v) is 2.69. The first-order valence-corrected chi connectivity index (χ1v) is 7.17. The van der Waals surface area contributed by atoms with Gasteiger partial charge < -0.3 is 10.6 Å². The van der Waals surface area contributed by atoms with Gasteiger partial charge in [0.2, 0.25) is 5.91 Å². The van der Waals surface area contributed by atoms with Crippen LogP contribution in [0.3, 0.4) is 0 Å². The number of rotatable bonds is 4. The summed E-state index contributed by atoms with van der Waals surface area (Å²) < 4.78 is 0. The molecule has 1 saturated heterocycles. The van der Waals surface area contributed by atoms with Crippen molar-refractivity contribution >= 4 is 29.9 Å². The number of hydrogen-bond donors (Lipinski definition) is 2. The van der Waals surface area contributed by atoms with Gasteiger partial charge in [0.05, 0.1) is 6.42 Å². The van der Waals surface area contributed by atoms with E-state index in [4.69, 9.17) is 11.6 Å². The molecule has 1 aromatic carbocycles. The topological polar surface area (TPSA) is 41.1 Å². The highest BCUT2D eigenvalue weighted by atomic mass is 35.5. The fourth-order valence-electron chi connectivity index (χ4n) is 2.48. The Bertz CT molecular complexity index is 445. The molecule has 0 bridgehead atoms. The van der Waals surface area contributed by atoms with Gasteiger partial charge in [-0.2, -0.15) is 0 Å². The van der Waals surface area contributed by atoms with Crippen molar-refractivity contribution in [2.24, 2.45) is 5.41 Å². The lowest BCUT2D eigenvalue weighted by atomic mass is 9.83. The fraction of sp³-hybridized carbons (Fsp3) is 0.533. The smallest absolute Gasteiger partial charge is 0.224 e. The first-order chi connectivity index (χ1) is 9.07. The Kier molecular flexibility index (Phi) is 6.80. The number of hydrogen-bond acceptors (Lipinski definition) is 2. The molecule has 0 saturated carbocycles. The minimum atomic E-state index is 0. The van der Waals surface area contributed by atoms with Crippen LogP contribution in [0.25, 0.3) is 0 Å². The summed E-state index contributed by atoms with van der Waals surface area (Å²) >= 11 is 5.91. The highest BCUT2D eigenvalue weighted by Gasteiger charge is 2.26. The van der Waals surface area contributed by atoms with Crippen molar-refractivity contribution < 1.29 is 4.79 Å². The number of halogens is 2. The van der Waals surface area contributed by atoms with Crippen molar-refractivity contribution in [3.05, 3.63) is 34.9 Å². The second-order valence-electron chi connectivity index (χ2n) is 5.67. The van der Waals surface area contributed by atoms with Crippen molar-refractivity contribution in [2.75, 3.05) is 19.6 Å². The predicted molar refractivity (Wildman–Crippen MR) is 85.6 cm³/mol. The first-order valence-electron chi connectivity index (χ1n) is 6.79. The molecule has 0 aliphatic carbocycles. The molecule has 0 aromatic heterocycles. The van der Waals surface area contributed by atoms with Gasteiger partial charge in [0.15, 0.2) is 0 Å². The summed E-state index contributed by atoms with van der Waals surface area (Å²) in [5.74, 6) is 0.0639. The van der Waals surface area contributed by atoms with Crippen molar-refractivity contribution in [1.82, 2.24) is 10.6 Å². The summed E-state index contributed by atoms with van der Waals surface area (Å²) in [6.45, 7) is 5.02. The van der Waals surface area contributed by atoms with Gasteiger partial charge in [0.1, 0.15) is 0 Å². The van der Waals surface area contributed by atoms with Gasteiger partial charge >= 0.3 is 0 Å². The van der Waals surface area contributed by atoms with Crippen LogP contribution >= 0.6 is 24.0 Å². The summed E-state index contributed by atoms with van der Waals surface area (Å²) in [5.41, 5.74) is 1.14. The van der Waals surface area contributed by atoms with Crippen LogP contribution in [0.4, 0.5) is 0 Å². The van der Waals surface area contributed by atoms with Gasteiger partial charge in [-0.15, -0.1) is 12.4 Å². The van der Waals surface area contributed by atoms with Crippen LogP contribution in [0.5, 0.6) is 0 Å². The SMILES string of the molecule is CC1(CNC(=O)Cc2cccc(Cl)c2)CCCNC1.Cl. The Labute approximate surface area is 131 Å². The summed E-state index contributed by atoms with van der Waals surface area (Å²) in [4.78, 5) is 11.9. The number of benzene rings is 1. The van der Waals surface area contributed by atoms with Crippen LogP contribution in [0.2, 0.25) is 5.02 Å². The molecular weight excluding hydrogens is 295 g/mol. The maximum Gasteiger partial charge on any atom is 0.224 e. The minimum Gasteiger partial charge on any atom is -0.355 e. The van der Waals surface area contributed by atoms with E-state index in [1.54, 1.807) is 0 Å².